The summed E-state index contributed by atoms with van der Waals surface area (Å²) >= 11 is 0. The quantitative estimate of drug-likeness (QED) is 0.779. The molecule has 100 valence electrons. The molecule has 0 saturated carbocycles. The molecule has 2 rings (SSSR count). The van der Waals surface area contributed by atoms with Crippen molar-refractivity contribution in [3.8, 4) is 5.75 Å². The number of carbonyl (C=O) groups excluding carboxylic acids is 1. The fourth-order valence-electron chi connectivity index (χ4n) is 1.79. The van der Waals surface area contributed by atoms with Crippen LogP contribution in [0.4, 0.5) is 0 Å². The normalized spacial score (nSPS) is 12.3. The van der Waals surface area contributed by atoms with Gasteiger partial charge < -0.3 is 20.1 Å². The third-order valence-electron chi connectivity index (χ3n) is 3.13. The zero-order chi connectivity index (χ0) is 14.2. The molecule has 0 bridgehead atoms. The van der Waals surface area contributed by atoms with Crippen molar-refractivity contribution >= 4 is 22.8 Å². The first kappa shape index (κ1) is 12.9. The lowest BCUT2D eigenvalue weighted by Gasteiger charge is -2.20. The fraction of sp³-hybridized carbons (Fsp3) is 0.231. The Labute approximate surface area is 109 Å². The van der Waals surface area contributed by atoms with E-state index in [1.165, 1.54) is 26.1 Å². The number of benzene rings is 1. The van der Waals surface area contributed by atoms with Crippen molar-refractivity contribution in [1.29, 1.82) is 0 Å². The van der Waals surface area contributed by atoms with Crippen LogP contribution in [0.25, 0.3) is 10.9 Å². The number of hydrogen-bond acceptors (Lipinski definition) is 3. The number of amides is 1. The van der Waals surface area contributed by atoms with E-state index >= 15 is 0 Å². The lowest BCUT2D eigenvalue weighted by atomic mass is 10.2. The van der Waals surface area contributed by atoms with Gasteiger partial charge in [-0.3, -0.25) is 4.79 Å². The number of aromatic hydroxyl groups is 1. The number of phenols is 1. The molecule has 0 fully saturated rings. The number of aromatic nitrogens is 1. The Morgan fingerprint density at radius 2 is 2.05 bits per heavy atom. The molecule has 1 heterocycles. The van der Waals surface area contributed by atoms with Crippen LogP contribution in [0, 0.1) is 0 Å². The molecule has 6 nitrogen and oxygen atoms in total. The number of aromatic amines is 1. The number of carboxylic acids is 1. The molecule has 1 unspecified atom stereocenters. The lowest BCUT2D eigenvalue weighted by Crippen LogP contribution is -2.40. The summed E-state index contributed by atoms with van der Waals surface area (Å²) in [6.45, 7) is 1.43. The Balaban J connectivity index is 2.37. The molecule has 19 heavy (non-hydrogen) atoms. The number of rotatable bonds is 3. The summed E-state index contributed by atoms with van der Waals surface area (Å²) in [4.78, 5) is 27.0. The maximum atomic E-state index is 12.1. The standard InChI is InChI=1S/C13H14N2O4/c1-7(13(18)19)15(2)12(17)10-6-8-9(14-10)4-3-5-11(8)16/h3-7,14,16H,1-2H3,(H,18,19). The molecule has 0 aliphatic rings. The summed E-state index contributed by atoms with van der Waals surface area (Å²) in [5, 5.41) is 19.1. The summed E-state index contributed by atoms with van der Waals surface area (Å²) in [5.41, 5.74) is 0.867. The lowest BCUT2D eigenvalue weighted by molar-refractivity contribution is -0.141. The van der Waals surface area contributed by atoms with Gasteiger partial charge in [-0.25, -0.2) is 4.79 Å². The zero-order valence-corrected chi connectivity index (χ0v) is 10.5. The van der Waals surface area contributed by atoms with Crippen LogP contribution in [-0.2, 0) is 4.79 Å². The number of nitrogens with one attached hydrogen (secondary N) is 1. The van der Waals surface area contributed by atoms with E-state index < -0.39 is 17.9 Å². The van der Waals surface area contributed by atoms with Gasteiger partial charge in [0.1, 0.15) is 17.5 Å². The van der Waals surface area contributed by atoms with Crippen molar-refractivity contribution in [1.82, 2.24) is 9.88 Å². The first-order valence-electron chi connectivity index (χ1n) is 5.72. The number of carbonyl (C=O) groups is 2. The number of nitrogens with zero attached hydrogens (tertiary/aromatic N) is 1. The Morgan fingerprint density at radius 1 is 1.37 bits per heavy atom. The second-order valence-corrected chi connectivity index (χ2v) is 4.35. The predicted octanol–water partition coefficient (Wildman–Crippen LogP) is 1.42. The molecule has 1 atom stereocenters. The molecule has 0 saturated heterocycles. The van der Waals surface area contributed by atoms with Gasteiger partial charge in [0.2, 0.25) is 0 Å². The molecule has 6 heteroatoms. The topological polar surface area (TPSA) is 93.6 Å². The van der Waals surface area contributed by atoms with Gasteiger partial charge in [0.15, 0.2) is 0 Å². The van der Waals surface area contributed by atoms with Crippen LogP contribution in [0.15, 0.2) is 24.3 Å². The maximum Gasteiger partial charge on any atom is 0.326 e. The molecule has 1 aromatic carbocycles. The second-order valence-electron chi connectivity index (χ2n) is 4.35. The number of H-pyrrole nitrogens is 1. The Morgan fingerprint density at radius 3 is 2.63 bits per heavy atom. The first-order chi connectivity index (χ1) is 8.91. The highest BCUT2D eigenvalue weighted by molar-refractivity contribution is 6.00. The van der Waals surface area contributed by atoms with Gasteiger partial charge in [-0.2, -0.15) is 0 Å². The van der Waals surface area contributed by atoms with E-state index in [9.17, 15) is 14.7 Å². The van der Waals surface area contributed by atoms with Gasteiger partial charge in [-0.05, 0) is 25.1 Å². The molecule has 0 aliphatic heterocycles. The van der Waals surface area contributed by atoms with Crippen LogP contribution in [0.2, 0.25) is 0 Å². The van der Waals surface area contributed by atoms with Gasteiger partial charge >= 0.3 is 5.97 Å². The summed E-state index contributed by atoms with van der Waals surface area (Å²) in [7, 11) is 1.42. The summed E-state index contributed by atoms with van der Waals surface area (Å²) < 4.78 is 0. The van der Waals surface area contributed by atoms with Gasteiger partial charge in [0, 0.05) is 18.0 Å². The van der Waals surface area contributed by atoms with Crippen molar-refractivity contribution in [2.75, 3.05) is 7.05 Å². The van der Waals surface area contributed by atoms with E-state index in [1.807, 2.05) is 0 Å². The van der Waals surface area contributed by atoms with E-state index in [0.717, 1.165) is 4.90 Å². The summed E-state index contributed by atoms with van der Waals surface area (Å²) in [6, 6.07) is 5.50. The van der Waals surface area contributed by atoms with Gasteiger partial charge in [0.05, 0.1) is 0 Å². The van der Waals surface area contributed by atoms with Gasteiger partial charge in [-0.1, -0.05) is 6.07 Å². The minimum atomic E-state index is -1.07. The minimum absolute atomic E-state index is 0.0711. The second kappa shape index (κ2) is 4.64. The number of carboxylic acid groups (broad SMARTS) is 1. The number of fused-ring (bicyclic) bond motifs is 1. The van der Waals surface area contributed by atoms with Crippen LogP contribution >= 0.6 is 0 Å². The van der Waals surface area contributed by atoms with Crippen LogP contribution in [0.1, 0.15) is 17.4 Å². The fourth-order valence-corrected chi connectivity index (χ4v) is 1.79. The molecule has 1 aromatic heterocycles. The monoisotopic (exact) mass is 262 g/mol. The molecule has 1 amide bonds. The van der Waals surface area contributed by atoms with E-state index in [4.69, 9.17) is 5.11 Å². The Bertz CT molecular complexity index is 647. The van der Waals surface area contributed by atoms with Crippen LogP contribution in [0.3, 0.4) is 0 Å². The van der Waals surface area contributed by atoms with Crippen molar-refractivity contribution in [2.45, 2.75) is 13.0 Å². The average molecular weight is 262 g/mol. The third-order valence-corrected chi connectivity index (χ3v) is 3.13. The first-order valence-corrected chi connectivity index (χ1v) is 5.72. The van der Waals surface area contributed by atoms with Crippen LogP contribution in [-0.4, -0.2) is 45.1 Å². The van der Waals surface area contributed by atoms with E-state index in [1.54, 1.807) is 12.1 Å². The molecule has 3 N–H and O–H groups in total. The zero-order valence-electron chi connectivity index (χ0n) is 10.5. The maximum absolute atomic E-state index is 12.1. The largest absolute Gasteiger partial charge is 0.507 e. The average Bonchev–Trinajstić information content (AvgIpc) is 2.81. The van der Waals surface area contributed by atoms with Crippen molar-refractivity contribution in [3.63, 3.8) is 0 Å². The number of phenolic OH excluding ortho intramolecular Hbond substituents is 1. The SMILES string of the molecule is CC(C(=O)O)N(C)C(=O)c1cc2c(O)cccc2[nH]1. The summed E-state index contributed by atoms with van der Waals surface area (Å²) in [5.74, 6) is -1.44. The Kier molecular flexibility index (Phi) is 3.16. The highest BCUT2D eigenvalue weighted by Crippen LogP contribution is 2.25. The third kappa shape index (κ3) is 2.24. The summed E-state index contributed by atoms with van der Waals surface area (Å²) in [6.07, 6.45) is 0. The molecule has 0 radical (unpaired) electrons. The molecule has 0 aliphatic carbocycles. The Hall–Kier alpha value is -2.50. The highest BCUT2D eigenvalue weighted by Gasteiger charge is 2.24. The molecular formula is C13H14N2O4. The van der Waals surface area contributed by atoms with Crippen LogP contribution < -0.4 is 0 Å². The van der Waals surface area contributed by atoms with Crippen LogP contribution in [0.5, 0.6) is 5.75 Å². The number of hydrogen-bond donors (Lipinski definition) is 3. The number of likely N-dealkylation sites (N-methyl/N-ethyl adjacent to an activating group) is 1. The van der Waals surface area contributed by atoms with E-state index in [2.05, 4.69) is 4.98 Å². The molecule has 2 aromatic rings. The molecular weight excluding hydrogens is 248 g/mol. The van der Waals surface area contributed by atoms with Crippen molar-refractivity contribution in [2.24, 2.45) is 0 Å². The van der Waals surface area contributed by atoms with E-state index in [-0.39, 0.29) is 11.4 Å². The molecule has 0 spiro atoms. The minimum Gasteiger partial charge on any atom is -0.507 e. The van der Waals surface area contributed by atoms with Crippen molar-refractivity contribution < 1.29 is 19.8 Å². The van der Waals surface area contributed by atoms with E-state index in [0.29, 0.717) is 10.9 Å². The number of aliphatic carboxylic acids is 1. The van der Waals surface area contributed by atoms with Gasteiger partial charge in [-0.15, -0.1) is 0 Å². The van der Waals surface area contributed by atoms with Crippen molar-refractivity contribution in [3.05, 3.63) is 30.0 Å². The van der Waals surface area contributed by atoms with Gasteiger partial charge in [0.25, 0.3) is 5.91 Å². The smallest absolute Gasteiger partial charge is 0.326 e. The predicted molar refractivity (Wildman–Crippen MR) is 69.2 cm³/mol. The highest BCUT2D eigenvalue weighted by atomic mass is 16.4.